The first-order valence-corrected chi connectivity index (χ1v) is 11.7. The number of halogens is 3. The van der Waals surface area contributed by atoms with Crippen LogP contribution in [0.1, 0.15) is 11.1 Å². The Morgan fingerprint density at radius 3 is 2.37 bits per heavy atom. The zero-order chi connectivity index (χ0) is 14.3. The van der Waals surface area contributed by atoms with Crippen molar-refractivity contribution in [2.45, 2.75) is 28.4 Å². The van der Waals surface area contributed by atoms with E-state index in [0.717, 1.165) is 11.1 Å². The molecule has 0 bridgehead atoms. The van der Waals surface area contributed by atoms with Gasteiger partial charge in [0.05, 0.1) is 0 Å². The summed E-state index contributed by atoms with van der Waals surface area (Å²) in [5.74, 6) is 1.55. The molecule has 3 nitrogen and oxygen atoms in total. The molecule has 0 saturated carbocycles. The minimum absolute atomic E-state index is 0.308. The number of aryl methyl sites for hydroxylation is 1. The molecule has 1 atom stereocenters. The number of alkyl halides is 3. The summed E-state index contributed by atoms with van der Waals surface area (Å²) in [6.45, 7) is 0. The van der Waals surface area contributed by atoms with Gasteiger partial charge in [0, 0.05) is 0 Å². The first-order chi connectivity index (χ1) is 8.63. The van der Waals surface area contributed by atoms with E-state index in [1.54, 1.807) is 11.9 Å². The van der Waals surface area contributed by atoms with E-state index in [9.17, 15) is 21.6 Å². The van der Waals surface area contributed by atoms with Crippen LogP contribution in [0.4, 0.5) is 13.2 Å². The van der Waals surface area contributed by atoms with E-state index in [0.29, 0.717) is 17.1 Å². The van der Waals surface area contributed by atoms with E-state index in [1.165, 1.54) is 0 Å². The monoisotopic (exact) mass is 362 g/mol. The van der Waals surface area contributed by atoms with Crippen molar-refractivity contribution in [3.8, 4) is 0 Å². The third-order valence-electron chi connectivity index (χ3n) is 2.92. The van der Waals surface area contributed by atoms with Crippen LogP contribution in [-0.4, -0.2) is 27.1 Å². The maximum atomic E-state index is 12.4. The predicted molar refractivity (Wildman–Crippen MR) is 66.3 cm³/mol. The summed E-state index contributed by atoms with van der Waals surface area (Å²) in [5, 5.41) is 0.699. The molecule has 1 aromatic rings. The summed E-state index contributed by atoms with van der Waals surface area (Å²) in [5.41, 5.74) is -3.39. The normalized spacial score (nSPS) is 27.4. The van der Waals surface area contributed by atoms with Crippen molar-refractivity contribution in [3.63, 3.8) is 0 Å². The van der Waals surface area contributed by atoms with Gasteiger partial charge in [-0.15, -0.1) is 0 Å². The molecule has 2 rings (SSSR count). The molecule has 1 aliphatic rings. The molecule has 0 aliphatic carbocycles. The number of hydrogen-bond acceptors (Lipinski definition) is 3. The van der Waals surface area contributed by atoms with E-state index in [4.69, 9.17) is 0 Å². The van der Waals surface area contributed by atoms with E-state index >= 15 is 0 Å². The number of benzene rings is 1. The van der Waals surface area contributed by atoms with Gasteiger partial charge in [-0.1, -0.05) is 0 Å². The van der Waals surface area contributed by atoms with Crippen LogP contribution < -0.4 is 0 Å². The molecule has 0 aromatic heterocycles. The van der Waals surface area contributed by atoms with E-state index < -0.39 is 28.8 Å². The Morgan fingerprint density at radius 1 is 1.21 bits per heavy atom. The quantitative estimate of drug-likeness (QED) is 0.601. The topological polar surface area (TPSA) is 43.4 Å². The molecule has 1 aromatic carbocycles. The Labute approximate surface area is 112 Å². The molecular formula is C11H13F3O3SSe. The van der Waals surface area contributed by atoms with Crippen LogP contribution in [0.2, 0.25) is 11.1 Å². The average molecular weight is 361 g/mol. The van der Waals surface area contributed by atoms with Gasteiger partial charge in [0.1, 0.15) is 0 Å². The van der Waals surface area contributed by atoms with Gasteiger partial charge in [-0.2, -0.15) is 0 Å². The van der Waals surface area contributed by atoms with Crippen molar-refractivity contribution in [2.75, 3.05) is 0 Å². The number of rotatable bonds is 2. The Balaban J connectivity index is 2.24. The average Bonchev–Trinajstić information content (AvgIpc) is 2.26. The summed E-state index contributed by atoms with van der Waals surface area (Å²) in [4.78, 5) is 0. The van der Waals surface area contributed by atoms with E-state index in [-0.39, 0.29) is 0 Å². The Hall–Kier alpha value is -0.561. The third-order valence-corrected chi connectivity index (χ3v) is 11.4. The molecular weight excluding hydrogens is 348 g/mol. The predicted octanol–water partition coefficient (Wildman–Crippen LogP) is 2.77. The molecule has 0 N–H and O–H groups in total. The molecule has 8 heteroatoms. The van der Waals surface area contributed by atoms with Crippen molar-refractivity contribution in [2.24, 2.45) is 0 Å². The Kier molecular flexibility index (Phi) is 3.72. The van der Waals surface area contributed by atoms with Crippen LogP contribution >= 0.6 is 0 Å². The minimum atomic E-state index is -5.49. The standard InChI is InChI=1S/C11H13F3O3SSe/c1-19(17-18(15,16)11(12,13)14)7-6-9-4-2-3-5-10(9)8-19/h2-5H,6-8H2,1H3. The molecule has 108 valence electrons. The second-order valence-corrected chi connectivity index (χ2v) is 13.3. The van der Waals surface area contributed by atoms with Gasteiger partial charge in [-0.3, -0.25) is 0 Å². The zero-order valence-corrected chi connectivity index (χ0v) is 12.6. The van der Waals surface area contributed by atoms with Gasteiger partial charge in [-0.25, -0.2) is 0 Å². The van der Waals surface area contributed by atoms with Gasteiger partial charge < -0.3 is 0 Å². The zero-order valence-electron chi connectivity index (χ0n) is 10.1. The molecule has 1 aliphatic heterocycles. The van der Waals surface area contributed by atoms with Crippen molar-refractivity contribution in [3.05, 3.63) is 35.4 Å². The molecule has 0 fully saturated rings. The second-order valence-electron chi connectivity index (χ2n) is 4.52. The van der Waals surface area contributed by atoms with Crippen molar-refractivity contribution >= 4 is 23.3 Å². The molecule has 1 heterocycles. The SMILES string of the molecule is C[Se]1(OS(=O)(=O)C(F)(F)F)CCc2ccccc2C1. The maximum absolute atomic E-state index is 12.4. The summed E-state index contributed by atoms with van der Waals surface area (Å²) < 4.78 is 63.9. The molecule has 1 unspecified atom stereocenters. The fraction of sp³-hybridized carbons (Fsp3) is 0.455. The summed E-state index contributed by atoms with van der Waals surface area (Å²) >= 11 is -3.14. The first kappa shape index (κ1) is 14.8. The van der Waals surface area contributed by atoms with Crippen LogP contribution in [-0.2, 0) is 25.1 Å². The molecule has 0 spiro atoms. The summed E-state index contributed by atoms with van der Waals surface area (Å²) in [6, 6.07) is 7.37. The van der Waals surface area contributed by atoms with Crippen molar-refractivity contribution in [1.29, 1.82) is 0 Å². The fourth-order valence-corrected chi connectivity index (χ4v) is 10.2. The number of fused-ring (bicyclic) bond motifs is 1. The third kappa shape index (κ3) is 3.13. The summed E-state index contributed by atoms with van der Waals surface area (Å²) in [6.07, 6.45) is 0.569. The van der Waals surface area contributed by atoms with Crippen molar-refractivity contribution in [1.82, 2.24) is 0 Å². The van der Waals surface area contributed by atoms with E-state index in [1.807, 2.05) is 18.2 Å². The van der Waals surface area contributed by atoms with Crippen LogP contribution in [0.3, 0.4) is 0 Å². The molecule has 0 saturated heterocycles. The van der Waals surface area contributed by atoms with Gasteiger partial charge in [0.25, 0.3) is 0 Å². The fourth-order valence-electron chi connectivity index (χ4n) is 1.98. The van der Waals surface area contributed by atoms with Gasteiger partial charge in [-0.05, 0) is 0 Å². The van der Waals surface area contributed by atoms with Crippen LogP contribution in [0.25, 0.3) is 0 Å². The first-order valence-electron chi connectivity index (χ1n) is 5.46. The molecule has 19 heavy (non-hydrogen) atoms. The Bertz CT molecular complexity index is 585. The Morgan fingerprint density at radius 2 is 1.79 bits per heavy atom. The summed E-state index contributed by atoms with van der Waals surface area (Å²) in [7, 11) is -5.49. The van der Waals surface area contributed by atoms with Gasteiger partial charge >= 0.3 is 112 Å². The van der Waals surface area contributed by atoms with Gasteiger partial charge in [0.15, 0.2) is 0 Å². The molecule has 0 amide bonds. The van der Waals surface area contributed by atoms with Crippen LogP contribution in [0.15, 0.2) is 24.3 Å². The number of hydrogen-bond donors (Lipinski definition) is 0. The van der Waals surface area contributed by atoms with Gasteiger partial charge in [0.2, 0.25) is 0 Å². The molecule has 0 radical (unpaired) electrons. The van der Waals surface area contributed by atoms with Crippen molar-refractivity contribution < 1.29 is 24.9 Å². The second kappa shape index (κ2) is 4.77. The van der Waals surface area contributed by atoms with Crippen LogP contribution in [0.5, 0.6) is 0 Å². The van der Waals surface area contributed by atoms with E-state index in [2.05, 4.69) is 3.27 Å². The van der Waals surface area contributed by atoms with Crippen LogP contribution in [0, 0.1) is 0 Å².